The Kier molecular flexibility index (Phi) is 9.62. The Labute approximate surface area is 283 Å². The van der Waals surface area contributed by atoms with Crippen LogP contribution in [-0.4, -0.2) is 28.2 Å². The van der Waals surface area contributed by atoms with Crippen LogP contribution in [0, 0.1) is 87.3 Å². The molecule has 12 atom stereocenters. The highest BCUT2D eigenvalue weighted by Gasteiger charge is 2.69. The fourth-order valence-electron chi connectivity index (χ4n) is 14.6. The Morgan fingerprint density at radius 2 is 1.46 bits per heavy atom. The highest BCUT2D eigenvalue weighted by Crippen LogP contribution is 2.72. The van der Waals surface area contributed by atoms with Crippen LogP contribution in [0.25, 0.3) is 0 Å². The average Bonchev–Trinajstić information content (AvgIpc) is 2.96. The molecule has 0 aromatic heterocycles. The summed E-state index contributed by atoms with van der Waals surface area (Å²) in [6.07, 6.45) is 16.3. The Morgan fingerprint density at radius 3 is 2.02 bits per heavy atom. The molecular formula is C43H72O3. The molecule has 5 fully saturated rings. The monoisotopic (exact) mass is 637 g/mol. The Morgan fingerprint density at radius 1 is 0.870 bits per heavy atom. The number of fused-ring (bicyclic) bond motifs is 3. The predicted molar refractivity (Wildman–Crippen MR) is 190 cm³/mol. The molecule has 0 amide bonds. The zero-order valence-electron chi connectivity index (χ0n) is 31.6. The van der Waals surface area contributed by atoms with E-state index in [1.165, 1.54) is 70.6 Å². The molecular weight excluding hydrogens is 564 g/mol. The zero-order valence-corrected chi connectivity index (χ0v) is 31.6. The van der Waals surface area contributed by atoms with E-state index in [1.807, 2.05) is 0 Å². The number of hydrogen-bond acceptors (Lipinski definition) is 3. The summed E-state index contributed by atoms with van der Waals surface area (Å²) < 4.78 is 0. The lowest BCUT2D eigenvalue weighted by Crippen LogP contribution is -2.68. The molecule has 46 heavy (non-hydrogen) atoms. The Balaban J connectivity index is 1.24. The van der Waals surface area contributed by atoms with Crippen molar-refractivity contribution in [3.8, 4) is 0 Å². The van der Waals surface area contributed by atoms with Crippen molar-refractivity contribution in [1.82, 2.24) is 0 Å². The maximum absolute atomic E-state index is 14.4. The summed E-state index contributed by atoms with van der Waals surface area (Å²) in [7, 11) is 0. The van der Waals surface area contributed by atoms with Gasteiger partial charge in [-0.15, -0.1) is 0 Å². The summed E-state index contributed by atoms with van der Waals surface area (Å²) >= 11 is 0. The van der Waals surface area contributed by atoms with Crippen molar-refractivity contribution in [3.05, 3.63) is 11.1 Å². The van der Waals surface area contributed by atoms with E-state index in [2.05, 4.69) is 62.3 Å². The lowest BCUT2D eigenvalue weighted by Gasteiger charge is -2.69. The summed E-state index contributed by atoms with van der Waals surface area (Å²) in [4.78, 5) is 14.4. The van der Waals surface area contributed by atoms with E-state index in [0.717, 1.165) is 42.1 Å². The van der Waals surface area contributed by atoms with E-state index in [1.54, 1.807) is 6.92 Å². The molecule has 0 aromatic carbocycles. The van der Waals surface area contributed by atoms with Gasteiger partial charge in [-0.3, -0.25) is 4.79 Å². The van der Waals surface area contributed by atoms with Crippen molar-refractivity contribution < 1.29 is 15.0 Å². The topological polar surface area (TPSA) is 57.5 Å². The van der Waals surface area contributed by atoms with Crippen LogP contribution in [-0.2, 0) is 4.79 Å². The quantitative estimate of drug-likeness (QED) is 0.316. The molecule has 0 spiro atoms. The maximum atomic E-state index is 14.4. The van der Waals surface area contributed by atoms with Crippen LogP contribution in [0.2, 0.25) is 0 Å². The van der Waals surface area contributed by atoms with Gasteiger partial charge in [0, 0.05) is 11.0 Å². The van der Waals surface area contributed by atoms with Gasteiger partial charge >= 0.3 is 0 Å². The molecule has 0 heterocycles. The summed E-state index contributed by atoms with van der Waals surface area (Å²) in [5.41, 5.74) is 1.03. The van der Waals surface area contributed by atoms with Gasteiger partial charge in [0.05, 0.1) is 12.2 Å². The molecule has 12 unspecified atom stereocenters. The number of aliphatic hydroxyl groups excluding tert-OH is 2. The van der Waals surface area contributed by atoms with Gasteiger partial charge in [-0.25, -0.2) is 0 Å². The minimum Gasteiger partial charge on any atom is -0.392 e. The van der Waals surface area contributed by atoms with Gasteiger partial charge < -0.3 is 10.2 Å². The van der Waals surface area contributed by atoms with Crippen LogP contribution in [0.4, 0.5) is 0 Å². The smallest absolute Gasteiger partial charge is 0.168 e. The van der Waals surface area contributed by atoms with Crippen LogP contribution in [0.3, 0.4) is 0 Å². The molecule has 0 aliphatic heterocycles. The van der Waals surface area contributed by atoms with Gasteiger partial charge in [-0.1, -0.05) is 99.5 Å². The normalized spacial score (nSPS) is 52.2. The van der Waals surface area contributed by atoms with Crippen molar-refractivity contribution in [1.29, 1.82) is 0 Å². The molecule has 2 N–H and O–H groups in total. The van der Waals surface area contributed by atoms with Gasteiger partial charge in [0.25, 0.3) is 0 Å². The first kappa shape index (κ1) is 35.2. The van der Waals surface area contributed by atoms with E-state index in [9.17, 15) is 15.0 Å². The number of allylic oxidation sites excluding steroid dienone is 1. The van der Waals surface area contributed by atoms with Gasteiger partial charge in [0.15, 0.2) is 5.78 Å². The summed E-state index contributed by atoms with van der Waals surface area (Å²) in [5.74, 6) is 7.49. The first-order chi connectivity index (χ1) is 21.5. The lowest BCUT2D eigenvalue weighted by atomic mass is 9.35. The second kappa shape index (κ2) is 12.6. The summed E-state index contributed by atoms with van der Waals surface area (Å²) in [6.45, 7) is 23.1. The summed E-state index contributed by atoms with van der Waals surface area (Å²) in [5, 5.41) is 23.5. The van der Waals surface area contributed by atoms with Crippen molar-refractivity contribution in [2.24, 2.45) is 87.3 Å². The van der Waals surface area contributed by atoms with Crippen LogP contribution < -0.4 is 0 Å². The third kappa shape index (κ3) is 5.54. The standard InChI is InChI=1S/C43H72O3/c1-24(2)33-20-34(32-17-15-31(16-18-32)19-30-13-11-25(3)12-14-30)27(5)37-35(33)22-41(8)23-42(9)21-26(4)36(29(7)44)40(46)43(42,10)28(6)38(41)39(37)45/h24-25,27-35,37-39,44-45H,11-23H2,1-10H3. The van der Waals surface area contributed by atoms with E-state index in [-0.39, 0.29) is 34.6 Å². The third-order valence-electron chi connectivity index (χ3n) is 17.0. The second-order valence-electron chi connectivity index (χ2n) is 20.0. The minimum atomic E-state index is -0.734. The van der Waals surface area contributed by atoms with Gasteiger partial charge in [-0.2, -0.15) is 0 Å². The number of Topliss-reactive ketones (excluding diaryl/α,β-unsaturated/α-hetero) is 1. The van der Waals surface area contributed by atoms with E-state index < -0.39 is 11.5 Å². The number of aliphatic hydroxyl groups is 2. The molecule has 0 saturated heterocycles. The molecule has 6 aliphatic carbocycles. The van der Waals surface area contributed by atoms with Crippen molar-refractivity contribution in [2.45, 2.75) is 165 Å². The van der Waals surface area contributed by atoms with E-state index in [0.29, 0.717) is 41.1 Å². The molecule has 0 radical (unpaired) electrons. The fourth-order valence-corrected chi connectivity index (χ4v) is 14.6. The summed E-state index contributed by atoms with van der Waals surface area (Å²) in [6, 6.07) is 0. The number of hydrogen-bond donors (Lipinski definition) is 2. The number of rotatable bonds is 5. The van der Waals surface area contributed by atoms with Crippen molar-refractivity contribution in [2.75, 3.05) is 0 Å². The van der Waals surface area contributed by atoms with Gasteiger partial charge in [0.1, 0.15) is 0 Å². The van der Waals surface area contributed by atoms with E-state index >= 15 is 0 Å². The SMILES string of the molecule is CC1=C(C(C)O)C(=O)C2(C)C(C)C3C(O)C4C(C)C(C5CCC(CC6CCC(C)CC6)CC5)CC(C(C)C)C4CC3(C)CC2(C)C1. The number of carbonyl (C=O) groups is 1. The Hall–Kier alpha value is -0.670. The zero-order chi connectivity index (χ0) is 33.5. The molecule has 6 aliphatic rings. The number of ketones is 1. The van der Waals surface area contributed by atoms with Crippen molar-refractivity contribution >= 4 is 5.78 Å². The van der Waals surface area contributed by atoms with Crippen LogP contribution in [0.15, 0.2) is 11.1 Å². The lowest BCUT2D eigenvalue weighted by molar-refractivity contribution is -0.230. The maximum Gasteiger partial charge on any atom is 0.168 e. The third-order valence-corrected chi connectivity index (χ3v) is 17.0. The fraction of sp³-hybridized carbons (Fsp3) is 0.930. The molecule has 6 rings (SSSR count). The molecule has 3 nitrogen and oxygen atoms in total. The molecule has 0 aromatic rings. The predicted octanol–water partition coefficient (Wildman–Crippen LogP) is 10.3. The minimum absolute atomic E-state index is 0.0197. The van der Waals surface area contributed by atoms with Gasteiger partial charge in [-0.05, 0) is 141 Å². The molecule has 3 heteroatoms. The average molecular weight is 637 g/mol. The molecule has 262 valence electrons. The highest BCUT2D eigenvalue weighted by atomic mass is 16.3. The van der Waals surface area contributed by atoms with Gasteiger partial charge in [0.2, 0.25) is 0 Å². The Bertz CT molecular complexity index is 1150. The number of carbonyl (C=O) groups excluding carboxylic acids is 1. The molecule has 5 saturated carbocycles. The second-order valence-corrected chi connectivity index (χ2v) is 20.0. The first-order valence-corrected chi connectivity index (χ1v) is 20.1. The largest absolute Gasteiger partial charge is 0.392 e. The highest BCUT2D eigenvalue weighted by molar-refractivity contribution is 6.03. The van der Waals surface area contributed by atoms with E-state index in [4.69, 9.17) is 0 Å². The molecule has 0 bridgehead atoms. The van der Waals surface area contributed by atoms with Crippen LogP contribution >= 0.6 is 0 Å². The van der Waals surface area contributed by atoms with Crippen molar-refractivity contribution in [3.63, 3.8) is 0 Å². The van der Waals surface area contributed by atoms with Crippen LogP contribution in [0.5, 0.6) is 0 Å². The first-order valence-electron chi connectivity index (χ1n) is 20.1. The van der Waals surface area contributed by atoms with Crippen LogP contribution in [0.1, 0.15) is 153 Å².